The van der Waals surface area contributed by atoms with Crippen LogP contribution in [0.25, 0.3) is 0 Å². The molecule has 2 nitrogen and oxygen atoms in total. The first-order valence-corrected chi connectivity index (χ1v) is 7.13. The number of hydrogen-bond acceptors (Lipinski definition) is 3. The second kappa shape index (κ2) is 6.14. The lowest BCUT2D eigenvalue weighted by molar-refractivity contribution is 0.517. The zero-order valence-corrected chi connectivity index (χ0v) is 11.8. The van der Waals surface area contributed by atoms with Gasteiger partial charge in [0.25, 0.3) is 0 Å². The fourth-order valence-corrected chi connectivity index (χ4v) is 3.02. The van der Waals surface area contributed by atoms with Gasteiger partial charge in [0, 0.05) is 10.9 Å². The number of aryl methyl sites for hydroxylation is 3. The molecule has 0 bridgehead atoms. The Morgan fingerprint density at radius 2 is 1.94 bits per heavy atom. The molecular weight excluding hydrogens is 240 g/mol. The van der Waals surface area contributed by atoms with Crippen molar-refractivity contribution in [2.45, 2.75) is 32.7 Å². The van der Waals surface area contributed by atoms with Crippen LogP contribution in [0.5, 0.6) is 0 Å². The van der Waals surface area contributed by atoms with Gasteiger partial charge in [-0.05, 0) is 43.7 Å². The molecule has 0 radical (unpaired) electrons. The first-order chi connectivity index (χ1) is 8.69. The monoisotopic (exact) mass is 260 g/mol. The number of thiophene rings is 1. The van der Waals surface area contributed by atoms with Crippen LogP contribution < -0.4 is 11.3 Å². The maximum absolute atomic E-state index is 5.70. The van der Waals surface area contributed by atoms with E-state index >= 15 is 0 Å². The van der Waals surface area contributed by atoms with Crippen molar-refractivity contribution >= 4 is 11.3 Å². The summed E-state index contributed by atoms with van der Waals surface area (Å²) in [5, 5.41) is 2.12. The highest BCUT2D eigenvalue weighted by atomic mass is 32.1. The minimum atomic E-state index is 0.227. The fourth-order valence-electron chi connectivity index (χ4n) is 2.30. The third-order valence-electron chi connectivity index (χ3n) is 3.11. The standard InChI is InChI=1S/C15H20N2S/c1-11-8-12(2)10-13(9-11)15(17-16)6-5-14-4-3-7-18-14/h3-4,7-10,15,17H,5-6,16H2,1-2H3. The van der Waals surface area contributed by atoms with E-state index < -0.39 is 0 Å². The van der Waals surface area contributed by atoms with E-state index in [0.29, 0.717) is 0 Å². The summed E-state index contributed by atoms with van der Waals surface area (Å²) in [6.45, 7) is 4.26. The van der Waals surface area contributed by atoms with E-state index in [2.05, 4.69) is 55.0 Å². The molecule has 0 saturated heterocycles. The summed E-state index contributed by atoms with van der Waals surface area (Å²) in [5.74, 6) is 5.70. The molecule has 0 aliphatic heterocycles. The summed E-state index contributed by atoms with van der Waals surface area (Å²) >= 11 is 1.81. The third-order valence-corrected chi connectivity index (χ3v) is 4.04. The van der Waals surface area contributed by atoms with Gasteiger partial charge in [-0.2, -0.15) is 0 Å². The minimum Gasteiger partial charge on any atom is -0.271 e. The quantitative estimate of drug-likeness (QED) is 0.638. The van der Waals surface area contributed by atoms with Crippen LogP contribution in [-0.4, -0.2) is 0 Å². The van der Waals surface area contributed by atoms with Crippen molar-refractivity contribution in [2.75, 3.05) is 0 Å². The van der Waals surface area contributed by atoms with E-state index in [1.54, 1.807) is 0 Å². The van der Waals surface area contributed by atoms with Crippen LogP contribution in [0.3, 0.4) is 0 Å². The molecule has 0 aliphatic carbocycles. The van der Waals surface area contributed by atoms with Gasteiger partial charge < -0.3 is 0 Å². The molecule has 1 unspecified atom stereocenters. The van der Waals surface area contributed by atoms with E-state index in [9.17, 15) is 0 Å². The average Bonchev–Trinajstić information content (AvgIpc) is 2.81. The summed E-state index contributed by atoms with van der Waals surface area (Å²) in [4.78, 5) is 1.42. The van der Waals surface area contributed by atoms with Crippen LogP contribution in [0.15, 0.2) is 35.7 Å². The molecule has 3 N–H and O–H groups in total. The zero-order valence-electron chi connectivity index (χ0n) is 10.9. The molecule has 2 rings (SSSR count). The Bertz CT molecular complexity index is 471. The Morgan fingerprint density at radius 1 is 1.22 bits per heavy atom. The Balaban J connectivity index is 2.07. The van der Waals surface area contributed by atoms with Gasteiger partial charge in [-0.3, -0.25) is 11.3 Å². The summed E-state index contributed by atoms with van der Waals surface area (Å²) in [5.41, 5.74) is 6.81. The molecule has 0 saturated carbocycles. The normalized spacial score (nSPS) is 12.6. The maximum Gasteiger partial charge on any atom is 0.0463 e. The van der Waals surface area contributed by atoms with Crippen molar-refractivity contribution in [3.63, 3.8) is 0 Å². The number of hydrazine groups is 1. The molecule has 3 heteroatoms. The smallest absolute Gasteiger partial charge is 0.0463 e. The van der Waals surface area contributed by atoms with Gasteiger partial charge in [-0.25, -0.2) is 0 Å². The Morgan fingerprint density at radius 3 is 2.50 bits per heavy atom. The largest absolute Gasteiger partial charge is 0.271 e. The van der Waals surface area contributed by atoms with Crippen molar-refractivity contribution in [1.82, 2.24) is 5.43 Å². The van der Waals surface area contributed by atoms with Crippen LogP contribution in [0, 0.1) is 13.8 Å². The Hall–Kier alpha value is -1.16. The van der Waals surface area contributed by atoms with Gasteiger partial charge in [0.1, 0.15) is 0 Å². The second-order valence-electron chi connectivity index (χ2n) is 4.76. The zero-order chi connectivity index (χ0) is 13.0. The van der Waals surface area contributed by atoms with Gasteiger partial charge in [0.05, 0.1) is 0 Å². The molecule has 1 heterocycles. The third kappa shape index (κ3) is 3.42. The molecule has 2 aromatic rings. The van der Waals surface area contributed by atoms with Crippen molar-refractivity contribution in [3.05, 3.63) is 57.3 Å². The van der Waals surface area contributed by atoms with Gasteiger partial charge in [0.2, 0.25) is 0 Å². The van der Waals surface area contributed by atoms with Crippen LogP contribution >= 0.6 is 11.3 Å². The number of nitrogens with two attached hydrogens (primary N) is 1. The average molecular weight is 260 g/mol. The molecule has 0 spiro atoms. The molecule has 1 aromatic heterocycles. The highest BCUT2D eigenvalue weighted by Crippen LogP contribution is 2.22. The van der Waals surface area contributed by atoms with Gasteiger partial charge in [-0.1, -0.05) is 35.4 Å². The molecular formula is C15H20N2S. The van der Waals surface area contributed by atoms with Gasteiger partial charge in [-0.15, -0.1) is 11.3 Å². The number of benzene rings is 1. The predicted molar refractivity (Wildman–Crippen MR) is 78.6 cm³/mol. The Kier molecular flexibility index (Phi) is 4.53. The maximum atomic E-state index is 5.70. The Labute approximate surface area is 113 Å². The van der Waals surface area contributed by atoms with Gasteiger partial charge in [0.15, 0.2) is 0 Å². The van der Waals surface area contributed by atoms with Crippen molar-refractivity contribution < 1.29 is 0 Å². The van der Waals surface area contributed by atoms with E-state index in [-0.39, 0.29) is 6.04 Å². The summed E-state index contributed by atoms with van der Waals surface area (Å²) < 4.78 is 0. The van der Waals surface area contributed by atoms with Crippen molar-refractivity contribution in [2.24, 2.45) is 5.84 Å². The van der Waals surface area contributed by atoms with E-state index in [1.807, 2.05) is 11.3 Å². The lowest BCUT2D eigenvalue weighted by atomic mass is 9.98. The molecule has 0 fully saturated rings. The highest BCUT2D eigenvalue weighted by Gasteiger charge is 2.10. The molecule has 96 valence electrons. The first kappa shape index (κ1) is 13.3. The lowest BCUT2D eigenvalue weighted by Gasteiger charge is -2.17. The van der Waals surface area contributed by atoms with Crippen LogP contribution in [-0.2, 0) is 6.42 Å². The minimum absolute atomic E-state index is 0.227. The first-order valence-electron chi connectivity index (χ1n) is 6.26. The van der Waals surface area contributed by atoms with Crippen molar-refractivity contribution in [3.8, 4) is 0 Å². The topological polar surface area (TPSA) is 38.0 Å². The highest BCUT2D eigenvalue weighted by molar-refractivity contribution is 7.09. The second-order valence-corrected chi connectivity index (χ2v) is 5.79. The molecule has 0 amide bonds. The van der Waals surface area contributed by atoms with Crippen LogP contribution in [0.2, 0.25) is 0 Å². The number of nitrogens with one attached hydrogen (secondary N) is 1. The number of hydrogen-bond donors (Lipinski definition) is 2. The van der Waals surface area contributed by atoms with E-state index in [0.717, 1.165) is 12.8 Å². The number of rotatable bonds is 5. The van der Waals surface area contributed by atoms with E-state index in [1.165, 1.54) is 21.6 Å². The molecule has 0 aliphatic rings. The molecule has 18 heavy (non-hydrogen) atoms. The van der Waals surface area contributed by atoms with Crippen molar-refractivity contribution in [1.29, 1.82) is 0 Å². The lowest BCUT2D eigenvalue weighted by Crippen LogP contribution is -2.28. The SMILES string of the molecule is Cc1cc(C)cc(C(CCc2cccs2)NN)c1. The van der Waals surface area contributed by atoms with E-state index in [4.69, 9.17) is 5.84 Å². The van der Waals surface area contributed by atoms with Crippen LogP contribution in [0.1, 0.15) is 34.0 Å². The van der Waals surface area contributed by atoms with Gasteiger partial charge >= 0.3 is 0 Å². The van der Waals surface area contributed by atoms with Crippen LogP contribution in [0.4, 0.5) is 0 Å². The summed E-state index contributed by atoms with van der Waals surface area (Å²) in [7, 11) is 0. The summed E-state index contributed by atoms with van der Waals surface area (Å²) in [6, 6.07) is 11.1. The fraction of sp³-hybridized carbons (Fsp3) is 0.333. The molecule has 1 atom stereocenters. The predicted octanol–water partition coefficient (Wildman–Crippen LogP) is 3.50. The molecule has 1 aromatic carbocycles. The summed E-state index contributed by atoms with van der Waals surface area (Å²) in [6.07, 6.45) is 2.10.